The number of esters is 1. The van der Waals surface area contributed by atoms with E-state index in [4.69, 9.17) is 17.0 Å². The molecule has 0 atom stereocenters. The molecule has 0 spiro atoms. The van der Waals surface area contributed by atoms with Crippen molar-refractivity contribution in [3.8, 4) is 5.69 Å². The third-order valence-corrected chi connectivity index (χ3v) is 6.03. The molecule has 0 bridgehead atoms. The van der Waals surface area contributed by atoms with Gasteiger partial charge < -0.3 is 9.30 Å². The monoisotopic (exact) mass is 487 g/mol. The molecule has 0 unspecified atom stereocenters. The van der Waals surface area contributed by atoms with Gasteiger partial charge in [0.15, 0.2) is 5.11 Å². The van der Waals surface area contributed by atoms with Crippen LogP contribution in [0.3, 0.4) is 0 Å². The molecule has 8 heteroatoms. The van der Waals surface area contributed by atoms with Crippen molar-refractivity contribution in [2.45, 2.75) is 27.7 Å². The predicted molar refractivity (Wildman–Crippen MR) is 139 cm³/mol. The lowest BCUT2D eigenvalue weighted by molar-refractivity contribution is -0.122. The van der Waals surface area contributed by atoms with E-state index in [1.807, 2.05) is 55.7 Å². The number of aromatic nitrogens is 1. The van der Waals surface area contributed by atoms with E-state index < -0.39 is 17.8 Å². The van der Waals surface area contributed by atoms with E-state index >= 15 is 0 Å². The molecular formula is C27H25N3O4S. The largest absolute Gasteiger partial charge is 0.462 e. The highest BCUT2D eigenvalue weighted by molar-refractivity contribution is 7.80. The Kier molecular flexibility index (Phi) is 6.66. The number of anilines is 1. The highest BCUT2D eigenvalue weighted by atomic mass is 32.1. The second kappa shape index (κ2) is 9.68. The molecule has 178 valence electrons. The molecule has 2 amide bonds. The summed E-state index contributed by atoms with van der Waals surface area (Å²) in [5, 5.41) is 2.67. The first-order valence-electron chi connectivity index (χ1n) is 11.2. The van der Waals surface area contributed by atoms with Gasteiger partial charge in [-0.15, -0.1) is 0 Å². The summed E-state index contributed by atoms with van der Waals surface area (Å²) >= 11 is 5.29. The zero-order chi connectivity index (χ0) is 25.3. The number of rotatable bonds is 5. The number of aryl methyl sites for hydroxylation is 2. The van der Waals surface area contributed by atoms with Crippen molar-refractivity contribution in [3.63, 3.8) is 0 Å². The number of hydrogen-bond donors (Lipinski definition) is 1. The first-order valence-corrected chi connectivity index (χ1v) is 11.6. The number of ether oxygens (including phenoxy) is 1. The molecule has 1 aliphatic heterocycles. The summed E-state index contributed by atoms with van der Waals surface area (Å²) in [6.07, 6.45) is 1.58. The number of hydrogen-bond acceptors (Lipinski definition) is 5. The molecule has 0 saturated carbocycles. The second-order valence-corrected chi connectivity index (χ2v) is 8.62. The Morgan fingerprint density at radius 1 is 1.03 bits per heavy atom. The lowest BCUT2D eigenvalue weighted by Crippen LogP contribution is -2.54. The molecule has 2 heterocycles. The Balaban J connectivity index is 1.74. The van der Waals surface area contributed by atoms with Crippen LogP contribution in [0.2, 0.25) is 0 Å². The first-order chi connectivity index (χ1) is 16.7. The Labute approximate surface area is 209 Å². The van der Waals surface area contributed by atoms with Crippen LogP contribution in [-0.4, -0.2) is 34.1 Å². The van der Waals surface area contributed by atoms with Gasteiger partial charge in [-0.3, -0.25) is 19.8 Å². The minimum absolute atomic E-state index is 0.0133. The van der Waals surface area contributed by atoms with Crippen molar-refractivity contribution in [3.05, 3.63) is 88.2 Å². The minimum Gasteiger partial charge on any atom is -0.462 e. The minimum atomic E-state index is -0.544. The molecule has 4 rings (SSSR count). The van der Waals surface area contributed by atoms with Gasteiger partial charge in [-0.2, -0.15) is 0 Å². The predicted octanol–water partition coefficient (Wildman–Crippen LogP) is 4.41. The molecule has 0 aliphatic carbocycles. The zero-order valence-corrected chi connectivity index (χ0v) is 20.7. The van der Waals surface area contributed by atoms with Gasteiger partial charge in [0.2, 0.25) is 0 Å². The second-order valence-electron chi connectivity index (χ2n) is 8.23. The third kappa shape index (κ3) is 4.65. The topological polar surface area (TPSA) is 80.6 Å². The van der Waals surface area contributed by atoms with Gasteiger partial charge in [-0.25, -0.2) is 4.79 Å². The Morgan fingerprint density at radius 3 is 2.46 bits per heavy atom. The zero-order valence-electron chi connectivity index (χ0n) is 19.9. The van der Waals surface area contributed by atoms with Crippen LogP contribution < -0.4 is 10.2 Å². The fraction of sp³-hybridized carbons (Fsp3) is 0.185. The summed E-state index contributed by atoms with van der Waals surface area (Å²) in [5.41, 5.74) is 5.16. The van der Waals surface area contributed by atoms with E-state index in [0.29, 0.717) is 23.4 Å². The lowest BCUT2D eigenvalue weighted by atomic mass is 10.1. The summed E-state index contributed by atoms with van der Waals surface area (Å²) in [4.78, 5) is 39.6. The molecular weight excluding hydrogens is 462 g/mol. The van der Waals surface area contributed by atoms with Crippen LogP contribution in [0.1, 0.15) is 39.8 Å². The van der Waals surface area contributed by atoms with Gasteiger partial charge in [0.05, 0.1) is 17.9 Å². The Hall–Kier alpha value is -4.04. The summed E-state index contributed by atoms with van der Waals surface area (Å²) in [7, 11) is 0. The van der Waals surface area contributed by atoms with Crippen LogP contribution >= 0.6 is 12.2 Å². The van der Waals surface area contributed by atoms with E-state index in [1.165, 1.54) is 4.90 Å². The van der Waals surface area contributed by atoms with Crippen molar-refractivity contribution in [1.29, 1.82) is 0 Å². The van der Waals surface area contributed by atoms with Crippen LogP contribution in [-0.2, 0) is 14.3 Å². The highest BCUT2D eigenvalue weighted by Gasteiger charge is 2.34. The van der Waals surface area contributed by atoms with Crippen molar-refractivity contribution in [2.24, 2.45) is 0 Å². The van der Waals surface area contributed by atoms with E-state index in [1.54, 1.807) is 37.3 Å². The van der Waals surface area contributed by atoms with Gasteiger partial charge >= 0.3 is 5.97 Å². The molecule has 1 N–H and O–H groups in total. The molecule has 2 aromatic carbocycles. The molecule has 7 nitrogen and oxygen atoms in total. The van der Waals surface area contributed by atoms with Crippen LogP contribution in [0.25, 0.3) is 11.8 Å². The average molecular weight is 488 g/mol. The quantitative estimate of drug-likeness (QED) is 0.250. The van der Waals surface area contributed by atoms with Gasteiger partial charge in [-0.05, 0) is 93.5 Å². The van der Waals surface area contributed by atoms with Crippen LogP contribution in [0.4, 0.5) is 5.69 Å². The maximum Gasteiger partial charge on any atom is 0.338 e. The van der Waals surface area contributed by atoms with Crippen molar-refractivity contribution in [1.82, 2.24) is 9.88 Å². The smallest absolute Gasteiger partial charge is 0.338 e. The summed E-state index contributed by atoms with van der Waals surface area (Å²) < 4.78 is 7.08. The van der Waals surface area contributed by atoms with E-state index in [0.717, 1.165) is 22.6 Å². The van der Waals surface area contributed by atoms with E-state index in [9.17, 15) is 14.4 Å². The summed E-state index contributed by atoms with van der Waals surface area (Å²) in [5.74, 6) is -1.42. The molecule has 35 heavy (non-hydrogen) atoms. The molecule has 1 aliphatic rings. The molecule has 1 aromatic heterocycles. The van der Waals surface area contributed by atoms with Crippen LogP contribution in [0.15, 0.2) is 60.2 Å². The third-order valence-electron chi connectivity index (χ3n) is 5.75. The maximum atomic E-state index is 13.4. The molecule has 1 saturated heterocycles. The van der Waals surface area contributed by atoms with Gasteiger partial charge in [-0.1, -0.05) is 18.2 Å². The Bertz CT molecular complexity index is 1400. The van der Waals surface area contributed by atoms with E-state index in [-0.39, 0.29) is 10.7 Å². The Morgan fingerprint density at radius 2 is 1.74 bits per heavy atom. The SMILES string of the molecule is CCOC(=O)c1cccc(-n2c(C)cc(C=C3C(=O)NC(=S)N(c4cccc(C)c4)C3=O)c2C)c1. The molecule has 1 fully saturated rings. The number of thiocarbonyl (C=S) groups is 1. The van der Waals surface area contributed by atoms with Crippen molar-refractivity contribution in [2.75, 3.05) is 11.5 Å². The van der Waals surface area contributed by atoms with Crippen LogP contribution in [0.5, 0.6) is 0 Å². The van der Waals surface area contributed by atoms with Gasteiger partial charge in [0.25, 0.3) is 11.8 Å². The number of amides is 2. The molecule has 0 radical (unpaired) electrons. The number of carbonyl (C=O) groups is 3. The number of nitrogens with one attached hydrogen (secondary N) is 1. The normalized spacial score (nSPS) is 14.9. The first kappa shape index (κ1) is 24.1. The van der Waals surface area contributed by atoms with Crippen molar-refractivity contribution < 1.29 is 19.1 Å². The summed E-state index contributed by atoms with van der Waals surface area (Å²) in [6.45, 7) is 7.79. The van der Waals surface area contributed by atoms with Crippen molar-refractivity contribution >= 4 is 46.9 Å². The standard InChI is InChI=1S/C27H25N3O4S/c1-5-34-26(33)19-9-7-11-22(14-19)29-17(3)13-20(18(29)4)15-23-24(31)28-27(35)30(25(23)32)21-10-6-8-16(2)12-21/h6-15H,5H2,1-4H3,(H,28,31,35). The average Bonchev–Trinajstić information content (AvgIpc) is 3.09. The fourth-order valence-corrected chi connectivity index (χ4v) is 4.41. The summed E-state index contributed by atoms with van der Waals surface area (Å²) in [6, 6.07) is 16.4. The van der Waals surface area contributed by atoms with E-state index in [2.05, 4.69) is 5.32 Å². The number of carbonyl (C=O) groups excluding carboxylic acids is 3. The van der Waals surface area contributed by atoms with Gasteiger partial charge in [0, 0.05) is 17.1 Å². The number of benzene rings is 2. The van der Waals surface area contributed by atoms with Gasteiger partial charge in [0.1, 0.15) is 5.57 Å². The highest BCUT2D eigenvalue weighted by Crippen LogP contribution is 2.27. The molecule has 3 aromatic rings. The fourth-order valence-electron chi connectivity index (χ4n) is 4.13. The van der Waals surface area contributed by atoms with Crippen LogP contribution in [0, 0.1) is 20.8 Å². The number of nitrogens with zero attached hydrogens (tertiary/aromatic N) is 2. The lowest BCUT2D eigenvalue weighted by Gasteiger charge is -2.29. The maximum absolute atomic E-state index is 13.4.